The normalized spacial score (nSPS) is 47.8. The third-order valence-corrected chi connectivity index (χ3v) is 6.83. The molecule has 1 atom stereocenters. The Balaban J connectivity index is 1.34. The van der Waals surface area contributed by atoms with Crippen LogP contribution < -0.4 is 10.6 Å². The first-order valence-electron chi connectivity index (χ1n) is 9.06. The zero-order valence-electron chi connectivity index (χ0n) is 13.4. The van der Waals surface area contributed by atoms with Crippen LogP contribution in [0, 0.1) is 23.2 Å². The molecule has 4 bridgehead atoms. The molecule has 4 saturated carbocycles. The van der Waals surface area contributed by atoms with Gasteiger partial charge >= 0.3 is 0 Å². The van der Waals surface area contributed by atoms with Crippen molar-refractivity contribution >= 4 is 5.91 Å². The highest BCUT2D eigenvalue weighted by atomic mass is 16.1. The molecule has 5 aliphatic rings. The van der Waals surface area contributed by atoms with E-state index >= 15 is 0 Å². The van der Waals surface area contributed by atoms with Crippen LogP contribution in [-0.4, -0.2) is 24.5 Å². The van der Waals surface area contributed by atoms with Gasteiger partial charge in [0.1, 0.15) is 0 Å². The average molecular weight is 290 g/mol. The maximum Gasteiger partial charge on any atom is 0.220 e. The van der Waals surface area contributed by atoms with Crippen molar-refractivity contribution in [3.63, 3.8) is 0 Å². The van der Waals surface area contributed by atoms with Gasteiger partial charge in [0.15, 0.2) is 0 Å². The van der Waals surface area contributed by atoms with Crippen LogP contribution >= 0.6 is 0 Å². The predicted molar refractivity (Wildman–Crippen MR) is 83.9 cm³/mol. The smallest absolute Gasteiger partial charge is 0.220 e. The Kier molecular flexibility index (Phi) is 3.33. The number of hydrogen-bond donors (Lipinski definition) is 2. The summed E-state index contributed by atoms with van der Waals surface area (Å²) in [5, 5.41) is 6.77. The number of nitrogens with one attached hydrogen (secondary N) is 2. The summed E-state index contributed by atoms with van der Waals surface area (Å²) in [5.41, 5.74) is 0.514. The van der Waals surface area contributed by atoms with Gasteiger partial charge in [0.25, 0.3) is 0 Å². The van der Waals surface area contributed by atoms with E-state index < -0.39 is 0 Å². The molecule has 0 aromatic heterocycles. The summed E-state index contributed by atoms with van der Waals surface area (Å²) in [5.74, 6) is 3.14. The second-order valence-corrected chi connectivity index (χ2v) is 8.96. The molecule has 0 aromatic carbocycles. The fraction of sp³-hybridized carbons (Fsp3) is 0.944. The van der Waals surface area contributed by atoms with E-state index in [1.54, 1.807) is 0 Å². The lowest BCUT2D eigenvalue weighted by atomic mass is 9.49. The fourth-order valence-corrected chi connectivity index (χ4v) is 6.31. The number of carbonyl (C=O) groups excluding carboxylic acids is 1. The Morgan fingerprint density at radius 2 is 1.76 bits per heavy atom. The third kappa shape index (κ3) is 2.74. The van der Waals surface area contributed by atoms with Gasteiger partial charge in [-0.3, -0.25) is 4.79 Å². The van der Waals surface area contributed by atoms with Crippen molar-refractivity contribution in [2.45, 2.75) is 70.3 Å². The van der Waals surface area contributed by atoms with Crippen LogP contribution in [0.15, 0.2) is 0 Å². The average Bonchev–Trinajstić information content (AvgIpc) is 2.82. The monoisotopic (exact) mass is 290 g/mol. The summed E-state index contributed by atoms with van der Waals surface area (Å²) >= 11 is 0. The molecular weight excluding hydrogens is 260 g/mol. The zero-order chi connectivity index (χ0) is 14.5. The van der Waals surface area contributed by atoms with E-state index in [2.05, 4.69) is 17.6 Å². The second kappa shape index (κ2) is 4.97. The quantitative estimate of drug-likeness (QED) is 0.836. The van der Waals surface area contributed by atoms with E-state index in [9.17, 15) is 4.79 Å². The molecule has 1 saturated heterocycles. The molecule has 1 aliphatic heterocycles. The lowest BCUT2D eigenvalue weighted by Gasteiger charge is -2.56. The Morgan fingerprint density at radius 3 is 2.29 bits per heavy atom. The Labute approximate surface area is 128 Å². The molecule has 5 rings (SSSR count). The van der Waals surface area contributed by atoms with Crippen LogP contribution in [0.25, 0.3) is 0 Å². The van der Waals surface area contributed by atoms with E-state index in [-0.39, 0.29) is 5.54 Å². The van der Waals surface area contributed by atoms with E-state index in [4.69, 9.17) is 0 Å². The first-order chi connectivity index (χ1) is 10.0. The second-order valence-electron chi connectivity index (χ2n) is 8.96. The number of amides is 1. The van der Waals surface area contributed by atoms with Crippen molar-refractivity contribution < 1.29 is 4.79 Å². The van der Waals surface area contributed by atoms with Crippen LogP contribution in [0.3, 0.4) is 0 Å². The van der Waals surface area contributed by atoms with Gasteiger partial charge in [0.2, 0.25) is 5.91 Å². The topological polar surface area (TPSA) is 41.1 Å². The molecule has 3 heteroatoms. The molecule has 1 heterocycles. The first-order valence-corrected chi connectivity index (χ1v) is 9.06. The summed E-state index contributed by atoms with van der Waals surface area (Å²) < 4.78 is 0. The van der Waals surface area contributed by atoms with Crippen LogP contribution in [0.5, 0.6) is 0 Å². The highest BCUT2D eigenvalue weighted by Crippen LogP contribution is 2.61. The molecule has 2 N–H and O–H groups in total. The molecule has 3 nitrogen and oxygen atoms in total. The highest BCUT2D eigenvalue weighted by Gasteiger charge is 2.51. The van der Waals surface area contributed by atoms with Gasteiger partial charge in [-0.15, -0.1) is 0 Å². The Hall–Kier alpha value is -0.570. The molecule has 0 spiro atoms. The Morgan fingerprint density at radius 1 is 1.14 bits per heavy atom. The van der Waals surface area contributed by atoms with Crippen molar-refractivity contribution in [3.8, 4) is 0 Å². The van der Waals surface area contributed by atoms with Crippen LogP contribution in [0.4, 0.5) is 0 Å². The zero-order valence-corrected chi connectivity index (χ0v) is 13.4. The summed E-state index contributed by atoms with van der Waals surface area (Å²) in [6, 6.07) is 0. The lowest BCUT2D eigenvalue weighted by molar-refractivity contribution is -0.129. The minimum atomic E-state index is 0.136. The van der Waals surface area contributed by atoms with E-state index in [1.807, 2.05) is 0 Å². The van der Waals surface area contributed by atoms with Gasteiger partial charge in [-0.25, -0.2) is 0 Å². The minimum Gasteiger partial charge on any atom is -0.354 e. The van der Waals surface area contributed by atoms with E-state index in [0.29, 0.717) is 11.3 Å². The van der Waals surface area contributed by atoms with Gasteiger partial charge in [-0.05, 0) is 88.0 Å². The van der Waals surface area contributed by atoms with Gasteiger partial charge in [-0.1, -0.05) is 0 Å². The van der Waals surface area contributed by atoms with Gasteiger partial charge in [0.05, 0.1) is 0 Å². The van der Waals surface area contributed by atoms with Gasteiger partial charge in [0, 0.05) is 18.5 Å². The number of hydrogen-bond acceptors (Lipinski definition) is 2. The molecule has 0 radical (unpaired) electrons. The minimum absolute atomic E-state index is 0.136. The van der Waals surface area contributed by atoms with Crippen LogP contribution in [0.1, 0.15) is 64.7 Å². The molecule has 21 heavy (non-hydrogen) atoms. The first kappa shape index (κ1) is 14.0. The van der Waals surface area contributed by atoms with Crippen molar-refractivity contribution in [2.75, 3.05) is 13.1 Å². The molecule has 4 aliphatic carbocycles. The molecule has 1 unspecified atom stereocenters. The maximum atomic E-state index is 12.5. The highest BCUT2D eigenvalue weighted by molar-refractivity contribution is 5.76. The lowest BCUT2D eigenvalue weighted by Crippen LogP contribution is -2.50. The SMILES string of the molecule is CC1(CNC(=O)CC23CC4CC(CC(C4)C2)C3)CCCN1. The van der Waals surface area contributed by atoms with Crippen molar-refractivity contribution in [1.82, 2.24) is 10.6 Å². The largest absolute Gasteiger partial charge is 0.354 e. The van der Waals surface area contributed by atoms with Crippen LogP contribution in [0.2, 0.25) is 0 Å². The Bertz CT molecular complexity index is 390. The molecule has 1 amide bonds. The summed E-state index contributed by atoms with van der Waals surface area (Å²) in [6.45, 7) is 4.14. The standard InChI is InChI=1S/C18H30N2O/c1-17(3-2-4-20-17)12-19-16(21)11-18-8-13-5-14(9-18)7-15(6-13)10-18/h13-15,20H,2-12H2,1H3,(H,19,21). The fourth-order valence-electron chi connectivity index (χ4n) is 6.31. The van der Waals surface area contributed by atoms with Crippen LogP contribution in [-0.2, 0) is 4.79 Å². The third-order valence-electron chi connectivity index (χ3n) is 6.83. The van der Waals surface area contributed by atoms with Gasteiger partial charge in [-0.2, -0.15) is 0 Å². The van der Waals surface area contributed by atoms with Crippen molar-refractivity contribution in [1.29, 1.82) is 0 Å². The van der Waals surface area contributed by atoms with E-state index in [1.165, 1.54) is 51.4 Å². The summed E-state index contributed by atoms with van der Waals surface area (Å²) in [7, 11) is 0. The van der Waals surface area contributed by atoms with Gasteiger partial charge < -0.3 is 10.6 Å². The molecule has 5 fully saturated rings. The number of rotatable bonds is 4. The van der Waals surface area contributed by atoms with Crippen molar-refractivity contribution in [3.05, 3.63) is 0 Å². The number of carbonyl (C=O) groups is 1. The molecule has 0 aromatic rings. The summed E-state index contributed by atoms with van der Waals surface area (Å²) in [4.78, 5) is 12.5. The van der Waals surface area contributed by atoms with Crippen molar-refractivity contribution in [2.24, 2.45) is 23.2 Å². The predicted octanol–water partition coefficient (Wildman–Crippen LogP) is 2.85. The maximum absolute atomic E-state index is 12.5. The molecule has 118 valence electrons. The summed E-state index contributed by atoms with van der Waals surface area (Å²) in [6.07, 6.45) is 11.6. The molecular formula is C18H30N2O. The van der Waals surface area contributed by atoms with E-state index in [0.717, 1.165) is 37.3 Å².